The van der Waals surface area contributed by atoms with Crippen LogP contribution in [0.15, 0.2) is 60.7 Å². The predicted molar refractivity (Wildman–Crippen MR) is 76.6 cm³/mol. The minimum atomic E-state index is -1.30. The van der Waals surface area contributed by atoms with Gasteiger partial charge in [-0.15, -0.1) is 0 Å². The molecular weight excluding hydrogens is 261 g/mol. The molecule has 94 valence electrons. The summed E-state index contributed by atoms with van der Waals surface area (Å²) in [4.78, 5) is 0. The van der Waals surface area contributed by atoms with Crippen LogP contribution < -0.4 is 28.1 Å². The van der Waals surface area contributed by atoms with Gasteiger partial charge < -0.3 is 12.4 Å². The van der Waals surface area contributed by atoms with E-state index in [1.165, 1.54) is 23.2 Å². The van der Waals surface area contributed by atoms with Gasteiger partial charge in [0.15, 0.2) is 0 Å². The van der Waals surface area contributed by atoms with Crippen molar-refractivity contribution in [3.63, 3.8) is 0 Å². The smallest absolute Gasteiger partial charge is 0.145 e. The third-order valence-electron chi connectivity index (χ3n) is 3.45. The van der Waals surface area contributed by atoms with Crippen LogP contribution in [-0.4, -0.2) is 12.7 Å². The van der Waals surface area contributed by atoms with Crippen molar-refractivity contribution < 1.29 is 12.4 Å². The van der Waals surface area contributed by atoms with Crippen LogP contribution in [0.3, 0.4) is 0 Å². The van der Waals surface area contributed by atoms with Gasteiger partial charge in [-0.05, 0) is 30.7 Å². The third kappa shape index (κ3) is 2.31. The van der Waals surface area contributed by atoms with Gasteiger partial charge >= 0.3 is 0 Å². The molecule has 1 N–H and O–H groups in total. The highest BCUT2D eigenvalue weighted by atomic mass is 35.5. The summed E-state index contributed by atoms with van der Waals surface area (Å²) < 4.78 is 0. The Morgan fingerprint density at radius 3 is 1.67 bits per heavy atom. The predicted octanol–water partition coefficient (Wildman–Crippen LogP) is -0.433. The maximum Gasteiger partial charge on any atom is 0.145 e. The fourth-order valence-corrected chi connectivity index (χ4v) is 6.49. The second-order valence-electron chi connectivity index (χ2n) is 4.47. The number of halogens is 1. The lowest BCUT2D eigenvalue weighted by molar-refractivity contribution is -0.00000340. The molecule has 3 heteroatoms. The van der Waals surface area contributed by atoms with E-state index in [0.717, 1.165) is 6.54 Å². The fourth-order valence-electron chi connectivity index (χ4n) is 2.62. The van der Waals surface area contributed by atoms with Crippen LogP contribution in [0.1, 0.15) is 6.42 Å². The van der Waals surface area contributed by atoms with E-state index < -0.39 is 7.41 Å². The average Bonchev–Trinajstić information content (AvgIpc) is 2.91. The quantitative estimate of drug-likeness (QED) is 0.735. The van der Waals surface area contributed by atoms with Gasteiger partial charge in [0.1, 0.15) is 18.0 Å². The number of benzene rings is 2. The zero-order valence-corrected chi connectivity index (χ0v) is 11.9. The second kappa shape index (κ2) is 5.84. The Morgan fingerprint density at radius 2 is 1.28 bits per heavy atom. The Bertz CT molecular complexity index is 439. The summed E-state index contributed by atoms with van der Waals surface area (Å²) >= 11 is 0. The summed E-state index contributed by atoms with van der Waals surface area (Å²) in [6.07, 6.45) is 2.58. The van der Waals surface area contributed by atoms with Crippen molar-refractivity contribution in [2.24, 2.45) is 0 Å². The highest BCUT2D eigenvalue weighted by molar-refractivity contribution is 7.88. The summed E-state index contributed by atoms with van der Waals surface area (Å²) in [5.74, 6) is 0. The zero-order chi connectivity index (χ0) is 11.6. The first kappa shape index (κ1) is 13.5. The van der Waals surface area contributed by atoms with Gasteiger partial charge in [0.25, 0.3) is 0 Å². The van der Waals surface area contributed by atoms with Gasteiger partial charge in [-0.3, -0.25) is 0 Å². The Balaban J connectivity index is 0.00000120. The largest absolute Gasteiger partial charge is 1.00 e. The first-order valence-electron chi connectivity index (χ1n) is 6.16. The number of hydrogen-bond acceptors (Lipinski definition) is 1. The molecule has 0 saturated carbocycles. The minimum absolute atomic E-state index is 0. The van der Waals surface area contributed by atoms with E-state index in [-0.39, 0.29) is 12.4 Å². The van der Waals surface area contributed by atoms with E-state index in [9.17, 15) is 0 Å². The minimum Gasteiger partial charge on any atom is -1.00 e. The summed E-state index contributed by atoms with van der Waals surface area (Å²) in [7, 11) is -1.30. The molecule has 0 spiro atoms. The molecule has 1 saturated heterocycles. The average molecular weight is 278 g/mol. The maximum absolute atomic E-state index is 3.81. The molecule has 1 heterocycles. The topological polar surface area (TPSA) is 12.0 Å². The number of hydrogen-bond donors (Lipinski definition) is 1. The van der Waals surface area contributed by atoms with E-state index in [2.05, 4.69) is 65.8 Å². The number of rotatable bonds is 2. The zero-order valence-electron chi connectivity index (χ0n) is 10.2. The molecule has 3 rings (SSSR count). The molecule has 1 aliphatic heterocycles. The lowest BCUT2D eigenvalue weighted by Crippen LogP contribution is -3.00. The van der Waals surface area contributed by atoms with E-state index in [0.29, 0.717) is 0 Å². The molecule has 1 aliphatic rings. The molecule has 0 amide bonds. The van der Waals surface area contributed by atoms with E-state index >= 15 is 0 Å². The fraction of sp³-hybridized carbons (Fsp3) is 0.200. The van der Waals surface area contributed by atoms with Gasteiger partial charge in [-0.25, -0.2) is 0 Å². The molecule has 18 heavy (non-hydrogen) atoms. The van der Waals surface area contributed by atoms with Crippen molar-refractivity contribution in [2.75, 3.05) is 12.7 Å². The van der Waals surface area contributed by atoms with E-state index in [4.69, 9.17) is 0 Å². The van der Waals surface area contributed by atoms with Gasteiger partial charge in [-0.2, -0.15) is 5.09 Å². The van der Waals surface area contributed by atoms with E-state index in [1.807, 2.05) is 0 Å². The van der Waals surface area contributed by atoms with Gasteiger partial charge in [0.05, 0.1) is 6.16 Å². The highest BCUT2D eigenvalue weighted by Crippen LogP contribution is 2.55. The van der Waals surface area contributed by atoms with Crippen molar-refractivity contribution in [2.45, 2.75) is 6.42 Å². The molecule has 2 aromatic rings. The van der Waals surface area contributed by atoms with Crippen LogP contribution in [0.25, 0.3) is 0 Å². The second-order valence-corrected chi connectivity index (χ2v) is 7.88. The first-order chi connectivity index (χ1) is 8.42. The number of nitrogens with one attached hydrogen (secondary N) is 1. The molecule has 0 aromatic heterocycles. The Morgan fingerprint density at radius 1 is 0.778 bits per heavy atom. The molecule has 0 aliphatic carbocycles. The lowest BCUT2D eigenvalue weighted by Gasteiger charge is -2.21. The van der Waals surface area contributed by atoms with Gasteiger partial charge in [0.2, 0.25) is 0 Å². The molecule has 0 bridgehead atoms. The molecule has 1 fully saturated rings. The normalized spacial score (nSPS) is 17.1. The molecule has 2 aromatic carbocycles. The van der Waals surface area contributed by atoms with Gasteiger partial charge in [0, 0.05) is 6.54 Å². The Hall–Kier alpha value is -0.880. The van der Waals surface area contributed by atoms with E-state index in [1.54, 1.807) is 0 Å². The first-order valence-corrected chi connectivity index (χ1v) is 8.14. The molecule has 0 radical (unpaired) electrons. The molecule has 0 atom stereocenters. The van der Waals surface area contributed by atoms with Crippen molar-refractivity contribution in [3.8, 4) is 0 Å². The van der Waals surface area contributed by atoms with Crippen molar-refractivity contribution in [1.82, 2.24) is 5.09 Å². The SMILES string of the molecule is [Cl-].c1ccc([P+]2(c3ccccc3)CCCN2)cc1. The van der Waals surface area contributed by atoms with Crippen LogP contribution in [0.5, 0.6) is 0 Å². The standard InChI is InChI=1S/C15H17NP.ClH/c1-3-8-14(9-4-1)17(13-7-12-16-17)15-10-5-2-6-11-15;/h1-6,8-11,16H,7,12-13H2;1H/q+1;/p-1. The van der Waals surface area contributed by atoms with Crippen LogP contribution >= 0.6 is 7.41 Å². The summed E-state index contributed by atoms with van der Waals surface area (Å²) in [6.45, 7) is 1.15. The Kier molecular flexibility index (Phi) is 4.40. The monoisotopic (exact) mass is 277 g/mol. The molecular formula is C15H17ClNP. The van der Waals surface area contributed by atoms with Gasteiger partial charge in [-0.1, -0.05) is 36.4 Å². The van der Waals surface area contributed by atoms with Crippen LogP contribution in [0.2, 0.25) is 0 Å². The molecule has 1 nitrogen and oxygen atoms in total. The third-order valence-corrected chi connectivity index (χ3v) is 7.56. The summed E-state index contributed by atoms with van der Waals surface area (Å²) in [5, 5.41) is 6.79. The van der Waals surface area contributed by atoms with Crippen LogP contribution in [0, 0.1) is 0 Å². The van der Waals surface area contributed by atoms with Crippen molar-refractivity contribution >= 4 is 18.0 Å². The van der Waals surface area contributed by atoms with Crippen molar-refractivity contribution in [1.29, 1.82) is 0 Å². The lowest BCUT2D eigenvalue weighted by atomic mass is 10.4. The van der Waals surface area contributed by atoms with Crippen LogP contribution in [0.4, 0.5) is 0 Å². The summed E-state index contributed by atoms with van der Waals surface area (Å²) in [6, 6.07) is 21.9. The highest BCUT2D eigenvalue weighted by Gasteiger charge is 2.45. The molecule has 0 unspecified atom stereocenters. The van der Waals surface area contributed by atoms with Crippen LogP contribution in [-0.2, 0) is 0 Å². The van der Waals surface area contributed by atoms with Crippen molar-refractivity contribution in [3.05, 3.63) is 60.7 Å². The maximum atomic E-state index is 3.81. The Labute approximate surface area is 115 Å². The summed E-state index contributed by atoms with van der Waals surface area (Å²) in [5.41, 5.74) is 0.